The summed E-state index contributed by atoms with van der Waals surface area (Å²) in [6.45, 7) is 3.90. The zero-order valence-electron chi connectivity index (χ0n) is 14.5. The second-order valence-electron chi connectivity index (χ2n) is 5.72. The molecule has 0 aliphatic rings. The van der Waals surface area contributed by atoms with Gasteiger partial charge >= 0.3 is 0 Å². The summed E-state index contributed by atoms with van der Waals surface area (Å²) >= 11 is 3.40. The molecule has 2 unspecified atom stereocenters. The van der Waals surface area contributed by atoms with E-state index in [1.165, 1.54) is 12.1 Å². The topological polar surface area (TPSA) is 130 Å². The van der Waals surface area contributed by atoms with E-state index < -0.39 is 16.1 Å². The molecule has 0 saturated heterocycles. The van der Waals surface area contributed by atoms with Gasteiger partial charge < -0.3 is 15.7 Å². The van der Waals surface area contributed by atoms with E-state index in [0.717, 1.165) is 6.42 Å². The summed E-state index contributed by atoms with van der Waals surface area (Å²) in [6, 6.07) is 5.83. The highest BCUT2D eigenvalue weighted by Crippen LogP contribution is 2.24. The number of aliphatic hydroxyl groups is 1. The Morgan fingerprint density at radius 3 is 2.42 bits per heavy atom. The van der Waals surface area contributed by atoms with Crippen LogP contribution in [0.3, 0.4) is 0 Å². The number of hydrogen-bond donors (Lipinski definition) is 4. The van der Waals surface area contributed by atoms with E-state index in [0.29, 0.717) is 28.3 Å². The van der Waals surface area contributed by atoms with Crippen LogP contribution >= 0.6 is 15.9 Å². The Kier molecular flexibility index (Phi) is 6.93. The van der Waals surface area contributed by atoms with Crippen molar-refractivity contribution in [2.75, 3.05) is 10.6 Å². The summed E-state index contributed by atoms with van der Waals surface area (Å²) in [7, 11) is -3.73. The SMILES string of the molecule is CCC(O)C(CC)Nc1nc(Nc2ccc(S(N)(=O)=O)cc2)ncc1Br. The molecule has 0 aliphatic carbocycles. The second-order valence-corrected chi connectivity index (χ2v) is 8.13. The first kappa shape index (κ1) is 20.6. The van der Waals surface area contributed by atoms with Crippen LogP contribution in [0.1, 0.15) is 26.7 Å². The summed E-state index contributed by atoms with van der Waals surface area (Å²) < 4.78 is 23.3. The van der Waals surface area contributed by atoms with Crippen LogP contribution in [0.25, 0.3) is 0 Å². The number of aromatic nitrogens is 2. The third-order valence-electron chi connectivity index (χ3n) is 3.83. The van der Waals surface area contributed by atoms with Gasteiger partial charge in [-0.1, -0.05) is 13.8 Å². The van der Waals surface area contributed by atoms with Crippen LogP contribution in [0, 0.1) is 0 Å². The lowest BCUT2D eigenvalue weighted by atomic mass is 10.1. The molecular formula is C16H22BrN5O3S. The maximum atomic E-state index is 11.3. The van der Waals surface area contributed by atoms with E-state index in [1.807, 2.05) is 13.8 Å². The van der Waals surface area contributed by atoms with Crippen LogP contribution in [-0.2, 0) is 10.0 Å². The monoisotopic (exact) mass is 443 g/mol. The lowest BCUT2D eigenvalue weighted by Crippen LogP contribution is -2.33. The predicted molar refractivity (Wildman–Crippen MR) is 105 cm³/mol. The van der Waals surface area contributed by atoms with Gasteiger partial charge in [0.15, 0.2) is 0 Å². The number of primary sulfonamides is 1. The van der Waals surface area contributed by atoms with Gasteiger partial charge in [-0.15, -0.1) is 0 Å². The van der Waals surface area contributed by atoms with Crippen molar-refractivity contribution in [3.8, 4) is 0 Å². The molecular weight excluding hydrogens is 422 g/mol. The van der Waals surface area contributed by atoms with Crippen LogP contribution < -0.4 is 15.8 Å². The quantitative estimate of drug-likeness (QED) is 0.492. The molecule has 0 aliphatic heterocycles. The Bertz CT molecular complexity index is 845. The summed E-state index contributed by atoms with van der Waals surface area (Å²) in [4.78, 5) is 8.63. The molecule has 10 heteroatoms. The molecule has 0 radical (unpaired) electrons. The fourth-order valence-corrected chi connectivity index (χ4v) is 3.14. The number of rotatable bonds is 8. The van der Waals surface area contributed by atoms with Gasteiger partial charge in [0.05, 0.1) is 21.5 Å². The van der Waals surface area contributed by atoms with Crippen molar-refractivity contribution in [2.45, 2.75) is 43.7 Å². The third kappa shape index (κ3) is 5.37. The van der Waals surface area contributed by atoms with Crippen molar-refractivity contribution in [1.29, 1.82) is 0 Å². The van der Waals surface area contributed by atoms with Gasteiger partial charge in [-0.25, -0.2) is 18.5 Å². The van der Waals surface area contributed by atoms with Gasteiger partial charge in [-0.05, 0) is 53.0 Å². The smallest absolute Gasteiger partial charge is 0.238 e. The number of halogens is 1. The summed E-state index contributed by atoms with van der Waals surface area (Å²) in [6.07, 6.45) is 2.49. The van der Waals surface area contributed by atoms with Gasteiger partial charge in [0.1, 0.15) is 5.82 Å². The van der Waals surface area contributed by atoms with Crippen LogP contribution in [0.5, 0.6) is 0 Å². The largest absolute Gasteiger partial charge is 0.391 e. The van der Waals surface area contributed by atoms with E-state index >= 15 is 0 Å². The van der Waals surface area contributed by atoms with E-state index in [1.54, 1.807) is 18.3 Å². The van der Waals surface area contributed by atoms with Crippen LogP contribution in [0.2, 0.25) is 0 Å². The highest BCUT2D eigenvalue weighted by atomic mass is 79.9. The first-order chi connectivity index (χ1) is 12.2. The molecule has 2 rings (SSSR count). The second kappa shape index (κ2) is 8.76. The number of nitrogens with two attached hydrogens (primary N) is 1. The number of nitrogens with zero attached hydrogens (tertiary/aromatic N) is 2. The fraction of sp³-hybridized carbons (Fsp3) is 0.375. The normalized spacial score (nSPS) is 13.9. The maximum Gasteiger partial charge on any atom is 0.238 e. The summed E-state index contributed by atoms with van der Waals surface area (Å²) in [5.74, 6) is 0.892. The molecule has 8 nitrogen and oxygen atoms in total. The Hall–Kier alpha value is -1.75. The minimum atomic E-state index is -3.73. The van der Waals surface area contributed by atoms with Crippen molar-refractivity contribution < 1.29 is 13.5 Å². The van der Waals surface area contributed by atoms with Crippen LogP contribution in [0.15, 0.2) is 39.8 Å². The minimum absolute atomic E-state index is 0.0291. The average molecular weight is 444 g/mol. The van der Waals surface area contributed by atoms with Crippen molar-refractivity contribution in [3.63, 3.8) is 0 Å². The molecule has 2 aromatic rings. The molecule has 0 amide bonds. The number of hydrogen-bond acceptors (Lipinski definition) is 7. The number of benzene rings is 1. The molecule has 0 saturated carbocycles. The highest BCUT2D eigenvalue weighted by molar-refractivity contribution is 9.10. The van der Waals surface area contributed by atoms with Crippen molar-refractivity contribution >= 4 is 43.4 Å². The van der Waals surface area contributed by atoms with Gasteiger partial charge in [-0.2, -0.15) is 4.98 Å². The summed E-state index contributed by atoms with van der Waals surface area (Å²) in [5, 5.41) is 21.4. The van der Waals surface area contributed by atoms with Gasteiger partial charge in [-0.3, -0.25) is 0 Å². The Balaban J connectivity index is 2.18. The average Bonchev–Trinajstić information content (AvgIpc) is 2.61. The Morgan fingerprint density at radius 1 is 1.23 bits per heavy atom. The van der Waals surface area contributed by atoms with Crippen LogP contribution in [-0.4, -0.2) is 35.6 Å². The fourth-order valence-electron chi connectivity index (χ4n) is 2.32. The number of anilines is 3. The Morgan fingerprint density at radius 2 is 1.88 bits per heavy atom. The van der Waals surface area contributed by atoms with Crippen LogP contribution in [0.4, 0.5) is 17.5 Å². The van der Waals surface area contributed by atoms with Gasteiger partial charge in [0.25, 0.3) is 0 Å². The zero-order chi connectivity index (χ0) is 19.3. The lowest BCUT2D eigenvalue weighted by Gasteiger charge is -2.23. The standard InChI is InChI=1S/C16H22BrN5O3S/c1-3-13(14(23)4-2)21-15-12(17)9-19-16(22-15)20-10-5-7-11(8-6-10)26(18,24)25/h5-9,13-14,23H,3-4H2,1-2H3,(H2,18,24,25)(H2,19,20,21,22). The molecule has 1 heterocycles. The molecule has 142 valence electrons. The molecule has 1 aromatic carbocycles. The molecule has 26 heavy (non-hydrogen) atoms. The predicted octanol–water partition coefficient (Wildman–Crippen LogP) is 2.59. The van der Waals surface area contributed by atoms with Gasteiger partial charge in [0, 0.05) is 11.9 Å². The van der Waals surface area contributed by atoms with E-state index in [-0.39, 0.29) is 10.9 Å². The maximum absolute atomic E-state index is 11.3. The van der Waals surface area contributed by atoms with E-state index in [4.69, 9.17) is 5.14 Å². The highest BCUT2D eigenvalue weighted by Gasteiger charge is 2.17. The minimum Gasteiger partial charge on any atom is -0.391 e. The molecule has 1 aromatic heterocycles. The summed E-state index contributed by atoms with van der Waals surface area (Å²) in [5.41, 5.74) is 0.617. The third-order valence-corrected chi connectivity index (χ3v) is 5.34. The first-order valence-electron chi connectivity index (χ1n) is 8.11. The van der Waals surface area contributed by atoms with Crippen molar-refractivity contribution in [3.05, 3.63) is 34.9 Å². The molecule has 0 fully saturated rings. The molecule has 0 spiro atoms. The van der Waals surface area contributed by atoms with E-state index in [2.05, 4.69) is 36.5 Å². The lowest BCUT2D eigenvalue weighted by molar-refractivity contribution is 0.146. The molecule has 5 N–H and O–H groups in total. The molecule has 2 atom stereocenters. The molecule has 0 bridgehead atoms. The Labute approximate surface area is 161 Å². The van der Waals surface area contributed by atoms with Crippen molar-refractivity contribution in [2.24, 2.45) is 5.14 Å². The number of nitrogens with one attached hydrogen (secondary N) is 2. The van der Waals surface area contributed by atoms with E-state index in [9.17, 15) is 13.5 Å². The number of aliphatic hydroxyl groups excluding tert-OH is 1. The first-order valence-corrected chi connectivity index (χ1v) is 10.5. The van der Waals surface area contributed by atoms with Gasteiger partial charge in [0.2, 0.25) is 16.0 Å². The number of sulfonamides is 1. The zero-order valence-corrected chi connectivity index (χ0v) is 16.9. The van der Waals surface area contributed by atoms with Crippen molar-refractivity contribution in [1.82, 2.24) is 9.97 Å².